The number of aryl methyl sites for hydroxylation is 1. The lowest BCUT2D eigenvalue weighted by atomic mass is 10.2. The zero-order chi connectivity index (χ0) is 11.6. The average Bonchev–Trinajstić information content (AvgIpc) is 2.08. The van der Waals surface area contributed by atoms with Crippen LogP contribution in [0.25, 0.3) is 0 Å². The number of ether oxygens (including phenoxy) is 1. The molecular formula is C8H6F3N3O. The van der Waals surface area contributed by atoms with Gasteiger partial charge in [0.15, 0.2) is 11.4 Å². The van der Waals surface area contributed by atoms with Crippen LogP contribution < -0.4 is 10.5 Å². The molecule has 2 N–H and O–H groups in total. The van der Waals surface area contributed by atoms with Gasteiger partial charge >= 0.3 is 6.36 Å². The molecule has 7 heteroatoms. The van der Waals surface area contributed by atoms with Crippen molar-refractivity contribution in [2.24, 2.45) is 0 Å². The van der Waals surface area contributed by atoms with E-state index in [-0.39, 0.29) is 11.4 Å². The number of nitrogens with two attached hydrogens (primary N) is 1. The maximum atomic E-state index is 11.9. The molecule has 80 valence electrons. The fourth-order valence-electron chi connectivity index (χ4n) is 0.947. The second kappa shape index (κ2) is 3.65. The van der Waals surface area contributed by atoms with Gasteiger partial charge in [-0.15, -0.1) is 13.2 Å². The first-order valence-electron chi connectivity index (χ1n) is 3.76. The largest absolute Gasteiger partial charge is 0.573 e. The third-order valence-electron chi connectivity index (χ3n) is 1.48. The van der Waals surface area contributed by atoms with Crippen LogP contribution in [0.15, 0.2) is 6.07 Å². The Balaban J connectivity index is 3.20. The maximum Gasteiger partial charge on any atom is 0.573 e. The van der Waals surface area contributed by atoms with Crippen molar-refractivity contribution in [1.29, 1.82) is 5.26 Å². The molecule has 1 aromatic rings. The van der Waals surface area contributed by atoms with Gasteiger partial charge in [-0.05, 0) is 6.92 Å². The van der Waals surface area contributed by atoms with Crippen LogP contribution in [-0.4, -0.2) is 11.3 Å². The van der Waals surface area contributed by atoms with Crippen LogP contribution >= 0.6 is 0 Å². The van der Waals surface area contributed by atoms with Gasteiger partial charge in [0.25, 0.3) is 0 Å². The first kappa shape index (κ1) is 11.1. The van der Waals surface area contributed by atoms with Gasteiger partial charge in [-0.3, -0.25) is 0 Å². The summed E-state index contributed by atoms with van der Waals surface area (Å²) >= 11 is 0. The van der Waals surface area contributed by atoms with Crippen molar-refractivity contribution in [1.82, 2.24) is 4.98 Å². The van der Waals surface area contributed by atoms with E-state index in [1.807, 2.05) is 0 Å². The Morgan fingerprint density at radius 2 is 2.13 bits per heavy atom. The summed E-state index contributed by atoms with van der Waals surface area (Å²) in [4.78, 5) is 3.65. The van der Waals surface area contributed by atoms with Crippen molar-refractivity contribution >= 4 is 5.69 Å². The second-order valence-corrected chi connectivity index (χ2v) is 2.68. The molecule has 1 heterocycles. The Hall–Kier alpha value is -1.97. The van der Waals surface area contributed by atoms with Gasteiger partial charge in [0.1, 0.15) is 11.8 Å². The van der Waals surface area contributed by atoms with E-state index in [4.69, 9.17) is 11.0 Å². The molecule has 0 saturated carbocycles. The molecule has 0 aromatic carbocycles. The van der Waals surface area contributed by atoms with Crippen LogP contribution in [0.2, 0.25) is 0 Å². The van der Waals surface area contributed by atoms with Gasteiger partial charge in [-0.2, -0.15) is 5.26 Å². The lowest BCUT2D eigenvalue weighted by Crippen LogP contribution is -2.18. The highest BCUT2D eigenvalue weighted by Gasteiger charge is 2.32. The van der Waals surface area contributed by atoms with E-state index in [1.165, 1.54) is 6.92 Å². The highest BCUT2D eigenvalue weighted by molar-refractivity contribution is 5.60. The van der Waals surface area contributed by atoms with Crippen LogP contribution in [0, 0.1) is 18.3 Å². The number of anilines is 1. The Morgan fingerprint density at radius 1 is 1.53 bits per heavy atom. The Morgan fingerprint density at radius 3 is 2.60 bits per heavy atom. The summed E-state index contributed by atoms with van der Waals surface area (Å²) in [5.74, 6) is -0.605. The van der Waals surface area contributed by atoms with Crippen molar-refractivity contribution < 1.29 is 17.9 Å². The fourth-order valence-corrected chi connectivity index (χ4v) is 0.947. The molecule has 0 unspecified atom stereocenters. The van der Waals surface area contributed by atoms with Crippen molar-refractivity contribution in [3.63, 3.8) is 0 Å². The number of nitrogens with zero attached hydrogens (tertiary/aromatic N) is 2. The second-order valence-electron chi connectivity index (χ2n) is 2.68. The number of hydrogen-bond donors (Lipinski definition) is 1. The van der Waals surface area contributed by atoms with Gasteiger partial charge in [0, 0.05) is 11.8 Å². The molecule has 4 nitrogen and oxygen atoms in total. The number of alkyl halides is 3. The average molecular weight is 217 g/mol. The van der Waals surface area contributed by atoms with Gasteiger partial charge in [-0.25, -0.2) is 4.98 Å². The zero-order valence-corrected chi connectivity index (χ0v) is 7.59. The molecule has 0 aliphatic rings. The molecule has 0 fully saturated rings. The number of nitrogen functional groups attached to an aromatic ring is 1. The summed E-state index contributed by atoms with van der Waals surface area (Å²) in [6.07, 6.45) is -4.84. The molecule has 0 amide bonds. The molecule has 0 aliphatic heterocycles. The highest BCUT2D eigenvalue weighted by atomic mass is 19.4. The molecule has 0 bridgehead atoms. The van der Waals surface area contributed by atoms with E-state index in [1.54, 1.807) is 6.07 Å². The van der Waals surface area contributed by atoms with Crippen LogP contribution in [-0.2, 0) is 0 Å². The van der Waals surface area contributed by atoms with Crippen molar-refractivity contribution in [2.45, 2.75) is 13.3 Å². The van der Waals surface area contributed by atoms with Crippen molar-refractivity contribution in [3.05, 3.63) is 17.5 Å². The van der Waals surface area contributed by atoms with Crippen molar-refractivity contribution in [3.8, 4) is 11.8 Å². The summed E-state index contributed by atoms with van der Waals surface area (Å²) in [6.45, 7) is 1.43. The standard InChI is InChI=1S/C8H6F3N3O/c1-4-2-6(15-8(9,10)11)7(13)5(3-12)14-4/h2H,13H2,1H3. The third kappa shape index (κ3) is 2.74. The molecule has 15 heavy (non-hydrogen) atoms. The van der Waals surface area contributed by atoms with Crippen LogP contribution in [0.4, 0.5) is 18.9 Å². The number of nitriles is 1. The molecule has 1 rings (SSSR count). The van der Waals surface area contributed by atoms with Gasteiger partial charge in [0.2, 0.25) is 0 Å². The Bertz CT molecular complexity index is 422. The third-order valence-corrected chi connectivity index (χ3v) is 1.48. The molecule has 1 aromatic heterocycles. The molecule has 0 atom stereocenters. The normalized spacial score (nSPS) is 10.9. The molecule has 0 aliphatic carbocycles. The summed E-state index contributed by atoms with van der Waals surface area (Å²) < 4.78 is 39.4. The van der Waals surface area contributed by atoms with E-state index in [2.05, 4.69) is 9.72 Å². The van der Waals surface area contributed by atoms with Crippen LogP contribution in [0.3, 0.4) is 0 Å². The quantitative estimate of drug-likeness (QED) is 0.777. The van der Waals surface area contributed by atoms with E-state index >= 15 is 0 Å². The smallest absolute Gasteiger partial charge is 0.403 e. The predicted octanol–water partition coefficient (Wildman–Crippen LogP) is 1.74. The number of rotatable bonds is 1. The van der Waals surface area contributed by atoms with Gasteiger partial charge in [0.05, 0.1) is 0 Å². The number of halogens is 3. The minimum absolute atomic E-state index is 0.222. The summed E-state index contributed by atoms with van der Waals surface area (Å²) in [5, 5.41) is 8.54. The van der Waals surface area contributed by atoms with E-state index < -0.39 is 17.8 Å². The first-order valence-corrected chi connectivity index (χ1v) is 3.76. The van der Waals surface area contributed by atoms with Crippen LogP contribution in [0.5, 0.6) is 5.75 Å². The van der Waals surface area contributed by atoms with Crippen molar-refractivity contribution in [2.75, 3.05) is 5.73 Å². The predicted molar refractivity (Wildman–Crippen MR) is 44.8 cm³/mol. The topological polar surface area (TPSA) is 71.9 Å². The summed E-state index contributed by atoms with van der Waals surface area (Å²) in [5.41, 5.74) is 4.78. The van der Waals surface area contributed by atoms with E-state index in [9.17, 15) is 13.2 Å². The summed E-state index contributed by atoms with van der Waals surface area (Å²) in [7, 11) is 0. The summed E-state index contributed by atoms with van der Waals surface area (Å²) in [6, 6.07) is 2.60. The maximum absolute atomic E-state index is 11.9. The number of pyridine rings is 1. The molecule has 0 saturated heterocycles. The fraction of sp³-hybridized carbons (Fsp3) is 0.250. The molecule has 0 radical (unpaired) electrons. The number of hydrogen-bond acceptors (Lipinski definition) is 4. The minimum Gasteiger partial charge on any atom is -0.403 e. The molecule has 0 spiro atoms. The SMILES string of the molecule is Cc1cc(OC(F)(F)F)c(N)c(C#N)n1. The number of aromatic nitrogens is 1. The van der Waals surface area contributed by atoms with Gasteiger partial charge < -0.3 is 10.5 Å². The zero-order valence-electron chi connectivity index (χ0n) is 7.59. The lowest BCUT2D eigenvalue weighted by Gasteiger charge is -2.11. The van der Waals surface area contributed by atoms with E-state index in [0.29, 0.717) is 0 Å². The van der Waals surface area contributed by atoms with Gasteiger partial charge in [-0.1, -0.05) is 0 Å². The monoisotopic (exact) mass is 217 g/mol. The Kier molecular flexibility index (Phi) is 2.70. The van der Waals surface area contributed by atoms with E-state index in [0.717, 1.165) is 6.07 Å². The molecular weight excluding hydrogens is 211 g/mol. The Labute approximate surface area is 83.1 Å². The van der Waals surface area contributed by atoms with Crippen LogP contribution in [0.1, 0.15) is 11.4 Å². The first-order chi connectivity index (χ1) is 6.83. The highest BCUT2D eigenvalue weighted by Crippen LogP contribution is 2.30. The minimum atomic E-state index is -4.84. The lowest BCUT2D eigenvalue weighted by molar-refractivity contribution is -0.274.